The molecule has 0 spiro atoms. The van der Waals surface area contributed by atoms with Crippen molar-refractivity contribution in [2.45, 2.75) is 33.2 Å². The molecule has 0 radical (unpaired) electrons. The molecular weight excluding hydrogens is 338 g/mol. The van der Waals surface area contributed by atoms with Crippen LogP contribution < -0.4 is 4.90 Å². The lowest BCUT2D eigenvalue weighted by atomic mass is 10.1. The van der Waals surface area contributed by atoms with Gasteiger partial charge in [0.1, 0.15) is 0 Å². The van der Waals surface area contributed by atoms with Crippen molar-refractivity contribution in [2.24, 2.45) is 0 Å². The Morgan fingerprint density at radius 3 is 2.24 bits per heavy atom. The lowest BCUT2D eigenvalue weighted by molar-refractivity contribution is -0.132. The van der Waals surface area contributed by atoms with Crippen LogP contribution in [0.3, 0.4) is 0 Å². The molecule has 0 saturated carbocycles. The van der Waals surface area contributed by atoms with Crippen molar-refractivity contribution < 1.29 is 13.2 Å². The third-order valence-corrected chi connectivity index (χ3v) is 5.90. The summed E-state index contributed by atoms with van der Waals surface area (Å²) in [7, 11) is -3.44. The number of anilines is 1. The Morgan fingerprint density at radius 2 is 1.76 bits per heavy atom. The number of carbonyl (C=O) groups is 1. The van der Waals surface area contributed by atoms with Crippen LogP contribution in [0.15, 0.2) is 24.3 Å². The molecule has 0 N–H and O–H groups in total. The van der Waals surface area contributed by atoms with Crippen molar-refractivity contribution >= 4 is 21.6 Å². The van der Waals surface area contributed by atoms with Crippen molar-refractivity contribution in [1.29, 1.82) is 0 Å². The number of nitrogens with zero attached hydrogens (tertiary/aromatic N) is 3. The minimum atomic E-state index is -3.44. The Labute approximate surface area is 151 Å². The number of amides is 1. The first kappa shape index (κ1) is 19.7. The third-order valence-electron chi connectivity index (χ3n) is 4.43. The van der Waals surface area contributed by atoms with E-state index in [4.69, 9.17) is 0 Å². The molecule has 1 aliphatic rings. The highest BCUT2D eigenvalue weighted by molar-refractivity contribution is 7.88. The molecule has 25 heavy (non-hydrogen) atoms. The molecule has 6 nitrogen and oxygen atoms in total. The van der Waals surface area contributed by atoms with Gasteiger partial charge in [0.25, 0.3) is 0 Å². The molecular formula is C18H29N3O3S. The largest absolute Gasteiger partial charge is 0.368 e. The van der Waals surface area contributed by atoms with Crippen molar-refractivity contribution in [3.05, 3.63) is 29.8 Å². The molecule has 1 aromatic carbocycles. The summed E-state index contributed by atoms with van der Waals surface area (Å²) in [6.45, 7) is 10.1. The first-order valence-corrected chi connectivity index (χ1v) is 10.4. The standard InChI is InChI=1S/C18H29N3O3S/c1-15-7-6-8-16(13-15)19-9-11-20(12-10-19)17(22)14-21(18(2,3)4)25(5,23)24/h6-8,13H,9-12,14H2,1-5H3. The topological polar surface area (TPSA) is 60.9 Å². The smallest absolute Gasteiger partial charge is 0.238 e. The molecule has 140 valence electrons. The summed E-state index contributed by atoms with van der Waals surface area (Å²) in [5, 5.41) is 0. The fraction of sp³-hybridized carbons (Fsp3) is 0.611. The van der Waals surface area contributed by atoms with Crippen LogP contribution in [0.1, 0.15) is 26.3 Å². The minimum Gasteiger partial charge on any atom is -0.368 e. The molecule has 1 saturated heterocycles. The molecule has 1 fully saturated rings. The maximum atomic E-state index is 12.6. The molecule has 0 unspecified atom stereocenters. The molecule has 0 aliphatic carbocycles. The van der Waals surface area contributed by atoms with E-state index in [0.717, 1.165) is 19.3 Å². The second kappa shape index (κ2) is 7.33. The van der Waals surface area contributed by atoms with Crippen LogP contribution in [0.5, 0.6) is 0 Å². The molecule has 1 aliphatic heterocycles. The van der Waals surface area contributed by atoms with E-state index in [-0.39, 0.29) is 12.5 Å². The molecule has 1 aromatic rings. The maximum absolute atomic E-state index is 12.6. The van der Waals surface area contributed by atoms with E-state index in [1.54, 1.807) is 25.7 Å². The van der Waals surface area contributed by atoms with Gasteiger partial charge in [0.05, 0.1) is 12.8 Å². The van der Waals surface area contributed by atoms with Crippen molar-refractivity contribution in [2.75, 3.05) is 43.9 Å². The van der Waals surface area contributed by atoms with Crippen LogP contribution in [0, 0.1) is 6.92 Å². The van der Waals surface area contributed by atoms with E-state index >= 15 is 0 Å². The first-order chi connectivity index (χ1) is 11.5. The van der Waals surface area contributed by atoms with Gasteiger partial charge in [-0.2, -0.15) is 4.31 Å². The molecule has 1 heterocycles. The summed E-state index contributed by atoms with van der Waals surface area (Å²) in [6.07, 6.45) is 1.15. The van der Waals surface area contributed by atoms with E-state index < -0.39 is 15.6 Å². The number of sulfonamides is 1. The number of carbonyl (C=O) groups excluding carboxylic acids is 1. The number of benzene rings is 1. The van der Waals surface area contributed by atoms with E-state index in [1.165, 1.54) is 15.6 Å². The van der Waals surface area contributed by atoms with E-state index in [2.05, 4.69) is 30.0 Å². The zero-order valence-corrected chi connectivity index (χ0v) is 16.6. The van der Waals surface area contributed by atoms with Gasteiger partial charge in [0.15, 0.2) is 0 Å². The summed E-state index contributed by atoms with van der Waals surface area (Å²) in [5.74, 6) is -0.135. The van der Waals surface area contributed by atoms with Crippen molar-refractivity contribution in [3.63, 3.8) is 0 Å². The number of piperazine rings is 1. The predicted octanol–water partition coefficient (Wildman–Crippen LogP) is 1.70. The Bertz CT molecular complexity index is 717. The Morgan fingerprint density at radius 1 is 1.16 bits per heavy atom. The fourth-order valence-corrected chi connectivity index (χ4v) is 4.45. The quantitative estimate of drug-likeness (QED) is 0.813. The Hall–Kier alpha value is -1.60. The number of hydrogen-bond donors (Lipinski definition) is 0. The minimum absolute atomic E-state index is 0.104. The first-order valence-electron chi connectivity index (χ1n) is 8.56. The van der Waals surface area contributed by atoms with Crippen molar-refractivity contribution in [3.8, 4) is 0 Å². The molecule has 1 amide bonds. The molecule has 0 bridgehead atoms. The van der Waals surface area contributed by atoms with Gasteiger partial charge in [-0.3, -0.25) is 4.79 Å². The highest BCUT2D eigenvalue weighted by Crippen LogP contribution is 2.20. The predicted molar refractivity (Wildman–Crippen MR) is 101 cm³/mol. The average molecular weight is 368 g/mol. The van der Waals surface area contributed by atoms with Crippen LogP contribution in [0.25, 0.3) is 0 Å². The second-order valence-corrected chi connectivity index (χ2v) is 9.55. The monoisotopic (exact) mass is 367 g/mol. The summed E-state index contributed by atoms with van der Waals surface area (Å²) in [6, 6.07) is 8.32. The second-order valence-electron chi connectivity index (χ2n) is 7.65. The van der Waals surface area contributed by atoms with Gasteiger partial charge < -0.3 is 9.80 Å². The van der Waals surface area contributed by atoms with Crippen molar-refractivity contribution in [1.82, 2.24) is 9.21 Å². The zero-order chi connectivity index (χ0) is 18.8. The average Bonchev–Trinajstić information content (AvgIpc) is 2.50. The van der Waals surface area contributed by atoms with E-state index in [0.29, 0.717) is 13.1 Å². The summed E-state index contributed by atoms with van der Waals surface area (Å²) in [5.41, 5.74) is 1.76. The summed E-state index contributed by atoms with van der Waals surface area (Å²) < 4.78 is 25.3. The van der Waals surface area contributed by atoms with Gasteiger partial charge in [0.2, 0.25) is 15.9 Å². The molecule has 7 heteroatoms. The van der Waals surface area contributed by atoms with Gasteiger partial charge in [-0.05, 0) is 45.4 Å². The van der Waals surface area contributed by atoms with E-state index in [9.17, 15) is 13.2 Å². The lowest BCUT2D eigenvalue weighted by Crippen LogP contribution is -2.54. The Kier molecular flexibility index (Phi) is 5.79. The van der Waals surface area contributed by atoms with Crippen LogP contribution in [-0.2, 0) is 14.8 Å². The number of hydrogen-bond acceptors (Lipinski definition) is 4. The Balaban J connectivity index is 1.99. The normalized spacial score (nSPS) is 16.4. The third kappa shape index (κ3) is 5.19. The van der Waals surface area contributed by atoms with Gasteiger partial charge in [-0.15, -0.1) is 0 Å². The number of rotatable bonds is 4. The highest BCUT2D eigenvalue weighted by atomic mass is 32.2. The van der Waals surface area contributed by atoms with Crippen LogP contribution >= 0.6 is 0 Å². The molecule has 0 aromatic heterocycles. The van der Waals surface area contributed by atoms with Gasteiger partial charge in [-0.1, -0.05) is 12.1 Å². The van der Waals surface area contributed by atoms with E-state index in [1.807, 2.05) is 6.07 Å². The number of aryl methyl sites for hydroxylation is 1. The summed E-state index contributed by atoms with van der Waals surface area (Å²) >= 11 is 0. The molecule has 2 rings (SSSR count). The zero-order valence-electron chi connectivity index (χ0n) is 15.8. The van der Waals surface area contributed by atoms with Gasteiger partial charge in [0, 0.05) is 37.4 Å². The summed E-state index contributed by atoms with van der Waals surface area (Å²) in [4.78, 5) is 16.6. The van der Waals surface area contributed by atoms with Crippen LogP contribution in [0.4, 0.5) is 5.69 Å². The maximum Gasteiger partial charge on any atom is 0.238 e. The SMILES string of the molecule is Cc1cccc(N2CCN(C(=O)CN(C(C)(C)C)S(C)(=O)=O)CC2)c1. The van der Waals surface area contributed by atoms with Gasteiger partial charge in [-0.25, -0.2) is 8.42 Å². The van der Waals surface area contributed by atoms with Gasteiger partial charge >= 0.3 is 0 Å². The van der Waals surface area contributed by atoms with Crippen LogP contribution in [0.2, 0.25) is 0 Å². The lowest BCUT2D eigenvalue weighted by Gasteiger charge is -2.38. The van der Waals surface area contributed by atoms with Crippen LogP contribution in [-0.4, -0.2) is 68.0 Å². The molecule has 0 atom stereocenters. The fourth-order valence-electron chi connectivity index (χ4n) is 3.11. The highest BCUT2D eigenvalue weighted by Gasteiger charge is 2.33.